The van der Waals surface area contributed by atoms with Gasteiger partial charge in [-0.1, -0.05) is 52.3 Å². The molecule has 0 aliphatic heterocycles. The average molecular weight is 265 g/mol. The lowest BCUT2D eigenvalue weighted by molar-refractivity contribution is 0.614. The number of benzene rings is 2. The first-order valence-corrected chi connectivity index (χ1v) is 5.53. The van der Waals surface area contributed by atoms with E-state index in [2.05, 4.69) is 15.9 Å². The fraction of sp³-hybridized carbons (Fsp3) is 0.0769. The average Bonchev–Trinajstić information content (AvgIpc) is 2.24. The van der Waals surface area contributed by atoms with Gasteiger partial charge in [-0.2, -0.15) is 0 Å². The molecule has 0 atom stereocenters. The molecule has 0 amide bonds. The third-order valence-corrected chi connectivity index (χ3v) is 3.07. The summed E-state index contributed by atoms with van der Waals surface area (Å²) in [5.41, 5.74) is 1.83. The van der Waals surface area contributed by atoms with Crippen LogP contribution in [-0.2, 0) is 6.42 Å². The minimum Gasteiger partial charge on any atom is -0.207 e. The molecule has 2 aromatic rings. The van der Waals surface area contributed by atoms with Gasteiger partial charge in [0, 0.05) is 10.9 Å². The lowest BCUT2D eigenvalue weighted by atomic mass is 10.0. The first-order valence-electron chi connectivity index (χ1n) is 4.74. The van der Waals surface area contributed by atoms with E-state index >= 15 is 0 Å². The van der Waals surface area contributed by atoms with Crippen LogP contribution in [0, 0.1) is 5.82 Å². The van der Waals surface area contributed by atoms with Crippen molar-refractivity contribution in [2.75, 3.05) is 0 Å². The van der Waals surface area contributed by atoms with E-state index in [0.717, 1.165) is 15.6 Å². The van der Waals surface area contributed by atoms with Gasteiger partial charge in [-0.3, -0.25) is 0 Å². The van der Waals surface area contributed by atoms with Crippen molar-refractivity contribution in [1.82, 2.24) is 0 Å². The van der Waals surface area contributed by atoms with Crippen molar-refractivity contribution < 1.29 is 4.39 Å². The molecule has 0 saturated carbocycles. The molecule has 0 spiro atoms. The SMILES string of the molecule is Fc1ccccc1Cc1ccccc1Br. The molecule has 15 heavy (non-hydrogen) atoms. The third-order valence-electron chi connectivity index (χ3n) is 2.30. The van der Waals surface area contributed by atoms with E-state index in [0.29, 0.717) is 6.42 Å². The number of hydrogen-bond acceptors (Lipinski definition) is 0. The Labute approximate surface area is 96.9 Å². The fourth-order valence-corrected chi connectivity index (χ4v) is 1.91. The van der Waals surface area contributed by atoms with E-state index in [1.165, 1.54) is 6.07 Å². The molecule has 2 aromatic carbocycles. The predicted molar refractivity (Wildman–Crippen MR) is 63.3 cm³/mol. The first kappa shape index (κ1) is 10.4. The molecule has 0 bridgehead atoms. The van der Waals surface area contributed by atoms with Crippen molar-refractivity contribution in [2.45, 2.75) is 6.42 Å². The first-order chi connectivity index (χ1) is 7.27. The molecular formula is C13H10BrF. The zero-order chi connectivity index (χ0) is 10.7. The van der Waals surface area contributed by atoms with Crippen LogP contribution >= 0.6 is 15.9 Å². The lowest BCUT2D eigenvalue weighted by Gasteiger charge is -2.05. The molecule has 0 saturated heterocycles. The Morgan fingerprint density at radius 3 is 2.13 bits per heavy atom. The van der Waals surface area contributed by atoms with E-state index < -0.39 is 0 Å². The Morgan fingerprint density at radius 2 is 1.47 bits per heavy atom. The molecule has 2 heteroatoms. The van der Waals surface area contributed by atoms with Crippen molar-refractivity contribution in [2.24, 2.45) is 0 Å². The molecule has 0 aliphatic carbocycles. The Hall–Kier alpha value is -1.15. The maximum Gasteiger partial charge on any atom is 0.126 e. The van der Waals surface area contributed by atoms with Crippen molar-refractivity contribution in [3.63, 3.8) is 0 Å². The van der Waals surface area contributed by atoms with Crippen LogP contribution in [0.4, 0.5) is 4.39 Å². The normalized spacial score (nSPS) is 10.3. The zero-order valence-electron chi connectivity index (χ0n) is 8.08. The van der Waals surface area contributed by atoms with Gasteiger partial charge in [-0.25, -0.2) is 4.39 Å². The maximum absolute atomic E-state index is 13.4. The molecule has 76 valence electrons. The zero-order valence-corrected chi connectivity index (χ0v) is 9.67. The van der Waals surface area contributed by atoms with Crippen LogP contribution in [0.1, 0.15) is 11.1 Å². The van der Waals surface area contributed by atoms with Gasteiger partial charge < -0.3 is 0 Å². The number of halogens is 2. The van der Waals surface area contributed by atoms with Crippen LogP contribution in [0.15, 0.2) is 53.0 Å². The Bertz CT molecular complexity index is 422. The maximum atomic E-state index is 13.4. The van der Waals surface area contributed by atoms with E-state index in [9.17, 15) is 4.39 Å². The molecule has 0 nitrogen and oxygen atoms in total. The van der Waals surface area contributed by atoms with Gasteiger partial charge in [-0.15, -0.1) is 0 Å². The highest BCUT2D eigenvalue weighted by Crippen LogP contribution is 2.20. The second-order valence-corrected chi connectivity index (χ2v) is 4.21. The summed E-state index contributed by atoms with van der Waals surface area (Å²) in [6, 6.07) is 14.7. The van der Waals surface area contributed by atoms with Gasteiger partial charge in [0.05, 0.1) is 0 Å². The fourth-order valence-electron chi connectivity index (χ4n) is 1.49. The molecule has 0 fully saturated rings. The molecule has 0 heterocycles. The Balaban J connectivity index is 2.30. The molecule has 2 rings (SSSR count). The summed E-state index contributed by atoms with van der Waals surface area (Å²) in [6.45, 7) is 0. The minimum absolute atomic E-state index is 0.145. The second kappa shape index (κ2) is 4.58. The summed E-state index contributed by atoms with van der Waals surface area (Å²) in [4.78, 5) is 0. The highest BCUT2D eigenvalue weighted by molar-refractivity contribution is 9.10. The highest BCUT2D eigenvalue weighted by Gasteiger charge is 2.04. The quantitative estimate of drug-likeness (QED) is 0.764. The van der Waals surface area contributed by atoms with Crippen LogP contribution in [0.5, 0.6) is 0 Å². The minimum atomic E-state index is -0.145. The van der Waals surface area contributed by atoms with Crippen molar-refractivity contribution in [3.8, 4) is 0 Å². The molecular weight excluding hydrogens is 255 g/mol. The van der Waals surface area contributed by atoms with E-state index in [1.807, 2.05) is 36.4 Å². The van der Waals surface area contributed by atoms with Crippen LogP contribution in [0.3, 0.4) is 0 Å². The third kappa shape index (κ3) is 2.45. The van der Waals surface area contributed by atoms with Gasteiger partial charge in [0.25, 0.3) is 0 Å². The van der Waals surface area contributed by atoms with Gasteiger partial charge >= 0.3 is 0 Å². The topological polar surface area (TPSA) is 0 Å². The molecule has 0 N–H and O–H groups in total. The van der Waals surface area contributed by atoms with Gasteiger partial charge in [0.1, 0.15) is 5.82 Å². The summed E-state index contributed by atoms with van der Waals surface area (Å²) in [6.07, 6.45) is 0.619. The largest absolute Gasteiger partial charge is 0.207 e. The van der Waals surface area contributed by atoms with Crippen LogP contribution < -0.4 is 0 Å². The van der Waals surface area contributed by atoms with Gasteiger partial charge in [-0.05, 0) is 23.3 Å². The van der Waals surface area contributed by atoms with E-state index in [4.69, 9.17) is 0 Å². The highest BCUT2D eigenvalue weighted by atomic mass is 79.9. The predicted octanol–water partition coefficient (Wildman–Crippen LogP) is 4.18. The van der Waals surface area contributed by atoms with E-state index in [1.54, 1.807) is 6.07 Å². The van der Waals surface area contributed by atoms with Crippen LogP contribution in [0.2, 0.25) is 0 Å². The van der Waals surface area contributed by atoms with Crippen molar-refractivity contribution in [3.05, 3.63) is 69.9 Å². The summed E-state index contributed by atoms with van der Waals surface area (Å²) >= 11 is 3.46. The monoisotopic (exact) mass is 264 g/mol. The standard InChI is InChI=1S/C13H10BrF/c14-12-7-3-1-5-10(12)9-11-6-2-4-8-13(11)15/h1-8H,9H2. The lowest BCUT2D eigenvalue weighted by Crippen LogP contribution is -1.92. The summed E-state index contributed by atoms with van der Waals surface area (Å²) in [7, 11) is 0. The van der Waals surface area contributed by atoms with Crippen molar-refractivity contribution in [1.29, 1.82) is 0 Å². The number of rotatable bonds is 2. The van der Waals surface area contributed by atoms with Crippen LogP contribution in [0.25, 0.3) is 0 Å². The molecule has 0 radical (unpaired) electrons. The Morgan fingerprint density at radius 1 is 0.867 bits per heavy atom. The second-order valence-electron chi connectivity index (χ2n) is 3.36. The summed E-state index contributed by atoms with van der Waals surface area (Å²) < 4.78 is 14.4. The molecule has 0 aliphatic rings. The van der Waals surface area contributed by atoms with E-state index in [-0.39, 0.29) is 5.82 Å². The van der Waals surface area contributed by atoms with Gasteiger partial charge in [0.2, 0.25) is 0 Å². The Kier molecular flexibility index (Phi) is 3.17. The summed E-state index contributed by atoms with van der Waals surface area (Å²) in [5, 5.41) is 0. The molecule has 0 aromatic heterocycles. The summed E-state index contributed by atoms with van der Waals surface area (Å²) in [5.74, 6) is -0.145. The van der Waals surface area contributed by atoms with Crippen LogP contribution in [-0.4, -0.2) is 0 Å². The van der Waals surface area contributed by atoms with Crippen molar-refractivity contribution >= 4 is 15.9 Å². The smallest absolute Gasteiger partial charge is 0.126 e. The molecule has 0 unspecified atom stereocenters. The number of hydrogen-bond donors (Lipinski definition) is 0. The van der Waals surface area contributed by atoms with Gasteiger partial charge in [0.15, 0.2) is 0 Å².